The molecule has 118 valence electrons. The van der Waals surface area contributed by atoms with Crippen LogP contribution in [0, 0.1) is 10.1 Å². The normalized spacial score (nSPS) is 12.2. The van der Waals surface area contributed by atoms with Crippen LogP contribution in [0.4, 0.5) is 17.5 Å². The Morgan fingerprint density at radius 2 is 2.05 bits per heavy atom. The molecule has 1 aromatic rings. The van der Waals surface area contributed by atoms with Gasteiger partial charge < -0.3 is 15.5 Å². The molecule has 0 bridgehead atoms. The van der Waals surface area contributed by atoms with Gasteiger partial charge in [0.15, 0.2) is 0 Å². The molecule has 0 fully saturated rings. The van der Waals surface area contributed by atoms with Gasteiger partial charge in [-0.25, -0.2) is 4.98 Å². The molecule has 21 heavy (non-hydrogen) atoms. The molecule has 2 N–H and O–H groups in total. The molecular weight excluding hydrogens is 272 g/mol. The minimum Gasteiger partial charge on any atom is -0.360 e. The summed E-state index contributed by atoms with van der Waals surface area (Å²) >= 11 is 0. The highest BCUT2D eigenvalue weighted by Gasteiger charge is 2.19. The van der Waals surface area contributed by atoms with E-state index in [0.717, 1.165) is 19.6 Å². The Morgan fingerprint density at radius 3 is 2.57 bits per heavy atom. The van der Waals surface area contributed by atoms with E-state index in [-0.39, 0.29) is 17.5 Å². The topological polar surface area (TPSA) is 96.2 Å². The molecule has 0 amide bonds. The predicted molar refractivity (Wildman–Crippen MR) is 83.7 cm³/mol. The summed E-state index contributed by atoms with van der Waals surface area (Å²) in [4.78, 5) is 21.0. The second-order valence-corrected chi connectivity index (χ2v) is 4.75. The van der Waals surface area contributed by atoms with Gasteiger partial charge in [-0.1, -0.05) is 13.8 Å². The summed E-state index contributed by atoms with van der Waals surface area (Å²) in [7, 11) is 0. The quantitative estimate of drug-likeness (QED) is 0.531. The van der Waals surface area contributed by atoms with Crippen molar-refractivity contribution in [1.82, 2.24) is 14.9 Å². The van der Waals surface area contributed by atoms with E-state index in [9.17, 15) is 10.1 Å². The van der Waals surface area contributed by atoms with E-state index in [4.69, 9.17) is 0 Å². The number of rotatable bonds is 9. The van der Waals surface area contributed by atoms with E-state index >= 15 is 0 Å². The van der Waals surface area contributed by atoms with Crippen LogP contribution in [0.2, 0.25) is 0 Å². The van der Waals surface area contributed by atoms with Crippen LogP contribution in [0.3, 0.4) is 0 Å². The Morgan fingerprint density at radius 1 is 1.38 bits per heavy atom. The summed E-state index contributed by atoms with van der Waals surface area (Å²) in [6.07, 6.45) is 1.23. The molecule has 0 aromatic carbocycles. The second kappa shape index (κ2) is 8.35. The lowest BCUT2D eigenvalue weighted by atomic mass is 10.3. The van der Waals surface area contributed by atoms with Crippen molar-refractivity contribution in [2.75, 3.05) is 36.8 Å². The fourth-order valence-corrected chi connectivity index (χ4v) is 2.01. The van der Waals surface area contributed by atoms with Gasteiger partial charge in [-0.05, 0) is 26.9 Å². The van der Waals surface area contributed by atoms with Gasteiger partial charge in [0, 0.05) is 19.1 Å². The van der Waals surface area contributed by atoms with Gasteiger partial charge in [-0.15, -0.1) is 0 Å². The van der Waals surface area contributed by atoms with Gasteiger partial charge in [-0.3, -0.25) is 10.1 Å². The first-order chi connectivity index (χ1) is 10.0. The predicted octanol–water partition coefficient (Wildman–Crippen LogP) is 1.96. The van der Waals surface area contributed by atoms with Gasteiger partial charge in [-0.2, -0.15) is 4.98 Å². The number of hydrogen-bond acceptors (Lipinski definition) is 7. The Labute approximate surface area is 125 Å². The lowest BCUT2D eigenvalue weighted by Gasteiger charge is -2.23. The standard InChI is InChI=1S/C13H24N6O2/c1-5-14-13-15-8-11(19(20)21)12(17-13)16-10(4)9-18(6-2)7-3/h8,10H,5-7,9H2,1-4H3,(H2,14,15,16,17). The molecule has 1 aromatic heterocycles. The van der Waals surface area contributed by atoms with Crippen LogP contribution in [0.1, 0.15) is 27.7 Å². The Bertz CT molecular complexity index is 464. The summed E-state index contributed by atoms with van der Waals surface area (Å²) in [6.45, 7) is 11.4. The van der Waals surface area contributed by atoms with Gasteiger partial charge in [0.2, 0.25) is 11.8 Å². The maximum atomic E-state index is 11.1. The maximum absolute atomic E-state index is 11.1. The third kappa shape index (κ3) is 5.14. The number of anilines is 2. The molecular formula is C13H24N6O2. The summed E-state index contributed by atoms with van der Waals surface area (Å²) in [5, 5.41) is 17.1. The van der Waals surface area contributed by atoms with Gasteiger partial charge in [0.25, 0.3) is 0 Å². The molecule has 1 heterocycles. The molecule has 0 saturated carbocycles. The first kappa shape index (κ1) is 17.1. The van der Waals surface area contributed by atoms with Crippen LogP contribution in [0.25, 0.3) is 0 Å². The van der Waals surface area contributed by atoms with Gasteiger partial charge in [0.1, 0.15) is 6.20 Å². The van der Waals surface area contributed by atoms with Crippen molar-refractivity contribution in [3.63, 3.8) is 0 Å². The summed E-state index contributed by atoms with van der Waals surface area (Å²) < 4.78 is 0. The van der Waals surface area contributed by atoms with Crippen molar-refractivity contribution >= 4 is 17.5 Å². The van der Waals surface area contributed by atoms with Crippen LogP contribution >= 0.6 is 0 Å². The minimum absolute atomic E-state index is 0.0491. The van der Waals surface area contributed by atoms with Gasteiger partial charge >= 0.3 is 5.69 Å². The van der Waals surface area contributed by atoms with E-state index in [0.29, 0.717) is 12.5 Å². The van der Waals surface area contributed by atoms with Crippen LogP contribution in [0.15, 0.2) is 6.20 Å². The lowest BCUT2D eigenvalue weighted by Crippen LogP contribution is -2.35. The average Bonchev–Trinajstić information content (AvgIpc) is 2.45. The zero-order valence-electron chi connectivity index (χ0n) is 13.1. The number of aromatic nitrogens is 2. The largest absolute Gasteiger partial charge is 0.360 e. The summed E-state index contributed by atoms with van der Waals surface area (Å²) in [6, 6.07) is 0.0491. The van der Waals surface area contributed by atoms with Crippen LogP contribution < -0.4 is 10.6 Å². The molecule has 8 nitrogen and oxygen atoms in total. The first-order valence-electron chi connectivity index (χ1n) is 7.25. The van der Waals surface area contributed by atoms with E-state index < -0.39 is 4.92 Å². The zero-order chi connectivity index (χ0) is 15.8. The van der Waals surface area contributed by atoms with Crippen molar-refractivity contribution in [2.45, 2.75) is 33.7 Å². The highest BCUT2D eigenvalue weighted by atomic mass is 16.6. The van der Waals surface area contributed by atoms with Crippen molar-refractivity contribution < 1.29 is 4.92 Å². The number of hydrogen-bond donors (Lipinski definition) is 2. The molecule has 1 atom stereocenters. The molecule has 0 aliphatic heterocycles. The summed E-state index contributed by atoms with van der Waals surface area (Å²) in [5.41, 5.74) is -0.108. The van der Waals surface area contributed by atoms with E-state index in [1.807, 2.05) is 13.8 Å². The fourth-order valence-electron chi connectivity index (χ4n) is 2.01. The number of nitro groups is 1. The number of nitrogens with zero attached hydrogens (tertiary/aromatic N) is 4. The SMILES string of the molecule is CCNc1ncc([N+](=O)[O-])c(NC(C)CN(CC)CC)n1. The van der Waals surface area contributed by atoms with Crippen molar-refractivity contribution in [3.8, 4) is 0 Å². The third-order valence-electron chi connectivity index (χ3n) is 3.11. The van der Waals surface area contributed by atoms with E-state index in [1.165, 1.54) is 6.20 Å². The molecule has 0 radical (unpaired) electrons. The number of nitrogens with one attached hydrogen (secondary N) is 2. The average molecular weight is 296 g/mol. The van der Waals surface area contributed by atoms with E-state index in [2.05, 4.69) is 39.3 Å². The Hall–Kier alpha value is -1.96. The van der Waals surface area contributed by atoms with Crippen molar-refractivity contribution in [3.05, 3.63) is 16.3 Å². The lowest BCUT2D eigenvalue weighted by molar-refractivity contribution is -0.384. The second-order valence-electron chi connectivity index (χ2n) is 4.75. The molecule has 0 aliphatic carbocycles. The molecule has 1 rings (SSSR count). The van der Waals surface area contributed by atoms with Crippen LogP contribution in [-0.4, -0.2) is 52.0 Å². The van der Waals surface area contributed by atoms with Gasteiger partial charge in [0.05, 0.1) is 4.92 Å². The van der Waals surface area contributed by atoms with Crippen LogP contribution in [0.5, 0.6) is 0 Å². The molecule has 8 heteroatoms. The Kier molecular flexibility index (Phi) is 6.80. The Balaban J connectivity index is 2.87. The first-order valence-corrected chi connectivity index (χ1v) is 7.25. The highest BCUT2D eigenvalue weighted by Crippen LogP contribution is 2.22. The molecule has 0 aliphatic rings. The molecule has 0 saturated heterocycles. The third-order valence-corrected chi connectivity index (χ3v) is 3.11. The smallest absolute Gasteiger partial charge is 0.329 e. The zero-order valence-corrected chi connectivity index (χ0v) is 13.1. The highest BCUT2D eigenvalue weighted by molar-refractivity contribution is 5.57. The number of likely N-dealkylation sites (N-methyl/N-ethyl adjacent to an activating group) is 1. The van der Waals surface area contributed by atoms with Crippen molar-refractivity contribution in [2.24, 2.45) is 0 Å². The van der Waals surface area contributed by atoms with Crippen molar-refractivity contribution in [1.29, 1.82) is 0 Å². The monoisotopic (exact) mass is 296 g/mol. The molecule has 0 spiro atoms. The van der Waals surface area contributed by atoms with E-state index in [1.54, 1.807) is 0 Å². The summed E-state index contributed by atoms with van der Waals surface area (Å²) in [5.74, 6) is 0.645. The van der Waals surface area contributed by atoms with Crippen LogP contribution in [-0.2, 0) is 0 Å². The molecule has 1 unspecified atom stereocenters. The minimum atomic E-state index is -0.470. The fraction of sp³-hybridized carbons (Fsp3) is 0.692. The maximum Gasteiger partial charge on any atom is 0.329 e.